The molecule has 3 aromatic rings. The summed E-state index contributed by atoms with van der Waals surface area (Å²) in [7, 11) is 4.07. The fourth-order valence-electron chi connectivity index (χ4n) is 4.60. The normalized spacial score (nSPS) is 15.0. The average Bonchev–Trinajstić information content (AvgIpc) is 2.89. The summed E-state index contributed by atoms with van der Waals surface area (Å²) >= 11 is 0. The molecule has 0 bridgehead atoms. The average molecular weight is 475 g/mol. The number of nitrogens with one attached hydrogen (secondary N) is 1. The second-order valence-corrected chi connectivity index (χ2v) is 9.29. The third-order valence-electron chi connectivity index (χ3n) is 6.72. The molecule has 1 aliphatic heterocycles. The standard InChI is InChI=1S/C29H35FN4O/c1-32(2)26-13-9-24(10-14-26)28(22-31-29(35)17-8-23-6-4-3-5-7-23)34-20-18-33(19-21-34)27-15-11-25(30)12-16-27/h3-7,9-16,28H,8,17-22H2,1-2H3,(H,31,35)/t28-/m0/s1. The van der Waals surface area contributed by atoms with Crippen LogP contribution < -0.4 is 15.1 Å². The molecule has 1 fully saturated rings. The van der Waals surface area contributed by atoms with E-state index in [1.165, 1.54) is 23.3 Å². The van der Waals surface area contributed by atoms with Crippen molar-refractivity contribution in [3.63, 3.8) is 0 Å². The van der Waals surface area contributed by atoms with Crippen molar-refractivity contribution in [1.29, 1.82) is 0 Å². The van der Waals surface area contributed by atoms with Crippen LogP contribution in [0.5, 0.6) is 0 Å². The highest BCUT2D eigenvalue weighted by atomic mass is 19.1. The second kappa shape index (κ2) is 11.8. The van der Waals surface area contributed by atoms with Crippen LogP contribution in [0.15, 0.2) is 78.9 Å². The molecule has 6 heteroatoms. The van der Waals surface area contributed by atoms with Gasteiger partial charge >= 0.3 is 0 Å². The first-order chi connectivity index (χ1) is 17.0. The van der Waals surface area contributed by atoms with E-state index in [9.17, 15) is 9.18 Å². The van der Waals surface area contributed by atoms with E-state index in [-0.39, 0.29) is 17.8 Å². The van der Waals surface area contributed by atoms with Crippen LogP contribution in [0.2, 0.25) is 0 Å². The van der Waals surface area contributed by atoms with Gasteiger partial charge in [-0.3, -0.25) is 9.69 Å². The third-order valence-corrected chi connectivity index (χ3v) is 6.72. The van der Waals surface area contributed by atoms with Gasteiger partial charge in [0.2, 0.25) is 5.91 Å². The minimum atomic E-state index is -0.211. The lowest BCUT2D eigenvalue weighted by Crippen LogP contribution is -2.50. The summed E-state index contributed by atoms with van der Waals surface area (Å²) in [5.74, 6) is -0.134. The zero-order valence-corrected chi connectivity index (χ0v) is 20.7. The Kier molecular flexibility index (Phi) is 8.37. The molecule has 1 N–H and O–H groups in total. The number of amides is 1. The van der Waals surface area contributed by atoms with Gasteiger partial charge in [-0.1, -0.05) is 42.5 Å². The van der Waals surface area contributed by atoms with E-state index in [0.29, 0.717) is 13.0 Å². The smallest absolute Gasteiger partial charge is 0.220 e. The number of carbonyl (C=O) groups excluding carboxylic acids is 1. The topological polar surface area (TPSA) is 38.8 Å². The number of aryl methyl sites for hydroxylation is 1. The number of hydrogen-bond acceptors (Lipinski definition) is 4. The molecular weight excluding hydrogens is 439 g/mol. The molecule has 35 heavy (non-hydrogen) atoms. The highest BCUT2D eigenvalue weighted by Crippen LogP contribution is 2.26. The van der Waals surface area contributed by atoms with Crippen LogP contribution in [0.3, 0.4) is 0 Å². The molecule has 1 saturated heterocycles. The number of piperazine rings is 1. The summed E-state index contributed by atoms with van der Waals surface area (Å²) in [5, 5.41) is 3.19. The van der Waals surface area contributed by atoms with Crippen molar-refractivity contribution < 1.29 is 9.18 Å². The van der Waals surface area contributed by atoms with Gasteiger partial charge in [0.15, 0.2) is 0 Å². The highest BCUT2D eigenvalue weighted by molar-refractivity contribution is 5.76. The van der Waals surface area contributed by atoms with Crippen LogP contribution in [0, 0.1) is 5.82 Å². The van der Waals surface area contributed by atoms with E-state index in [4.69, 9.17) is 0 Å². The van der Waals surface area contributed by atoms with Gasteiger partial charge in [0.1, 0.15) is 5.82 Å². The quantitative estimate of drug-likeness (QED) is 0.496. The van der Waals surface area contributed by atoms with Gasteiger partial charge in [0, 0.05) is 64.6 Å². The van der Waals surface area contributed by atoms with E-state index in [2.05, 4.69) is 56.4 Å². The van der Waals surface area contributed by atoms with E-state index in [1.54, 1.807) is 0 Å². The Bertz CT molecular complexity index is 1060. The van der Waals surface area contributed by atoms with Crippen LogP contribution in [0.1, 0.15) is 23.6 Å². The van der Waals surface area contributed by atoms with Gasteiger partial charge in [0.05, 0.1) is 6.04 Å². The van der Waals surface area contributed by atoms with Crippen LogP contribution in [0.4, 0.5) is 15.8 Å². The Hall–Kier alpha value is -3.38. The summed E-state index contributed by atoms with van der Waals surface area (Å²) in [6, 6.07) is 25.5. The van der Waals surface area contributed by atoms with Gasteiger partial charge in [-0.15, -0.1) is 0 Å². The van der Waals surface area contributed by atoms with Crippen molar-refractivity contribution in [3.8, 4) is 0 Å². The summed E-state index contributed by atoms with van der Waals surface area (Å²) < 4.78 is 13.3. The lowest BCUT2D eigenvalue weighted by molar-refractivity contribution is -0.121. The Morgan fingerprint density at radius 3 is 2.20 bits per heavy atom. The SMILES string of the molecule is CN(C)c1ccc([C@H](CNC(=O)CCc2ccccc2)N2CCN(c3ccc(F)cc3)CC2)cc1. The van der Waals surface area contributed by atoms with E-state index in [1.807, 2.05) is 44.4 Å². The number of nitrogens with zero attached hydrogens (tertiary/aromatic N) is 3. The Morgan fingerprint density at radius 2 is 1.57 bits per heavy atom. The maximum absolute atomic E-state index is 13.3. The van der Waals surface area contributed by atoms with Gasteiger partial charge in [0.25, 0.3) is 0 Å². The molecule has 1 heterocycles. The molecule has 0 radical (unpaired) electrons. The number of benzene rings is 3. The van der Waals surface area contributed by atoms with Crippen molar-refractivity contribution >= 4 is 17.3 Å². The summed E-state index contributed by atoms with van der Waals surface area (Å²) in [6.45, 7) is 4.04. The molecule has 5 nitrogen and oxygen atoms in total. The summed E-state index contributed by atoms with van der Waals surface area (Å²) in [5.41, 5.74) is 4.58. The van der Waals surface area contributed by atoms with Crippen molar-refractivity contribution in [2.75, 3.05) is 56.6 Å². The molecule has 1 aliphatic rings. The predicted octanol–water partition coefficient (Wildman–Crippen LogP) is 4.50. The van der Waals surface area contributed by atoms with Crippen molar-refractivity contribution in [1.82, 2.24) is 10.2 Å². The van der Waals surface area contributed by atoms with Crippen LogP contribution in [-0.2, 0) is 11.2 Å². The Morgan fingerprint density at radius 1 is 0.914 bits per heavy atom. The molecule has 1 amide bonds. The van der Waals surface area contributed by atoms with Crippen LogP contribution in [-0.4, -0.2) is 57.6 Å². The molecule has 0 unspecified atom stereocenters. The minimum absolute atomic E-state index is 0.0775. The number of hydrogen-bond donors (Lipinski definition) is 1. The fraction of sp³-hybridized carbons (Fsp3) is 0.345. The Labute approximate surface area is 208 Å². The van der Waals surface area contributed by atoms with Crippen LogP contribution >= 0.6 is 0 Å². The molecule has 4 rings (SSSR count). The molecule has 1 atom stereocenters. The molecule has 0 spiro atoms. The zero-order chi connectivity index (χ0) is 24.6. The van der Waals surface area contributed by atoms with E-state index >= 15 is 0 Å². The number of rotatable bonds is 9. The number of anilines is 2. The first-order valence-corrected chi connectivity index (χ1v) is 12.3. The molecule has 184 valence electrons. The fourth-order valence-corrected chi connectivity index (χ4v) is 4.60. The molecular formula is C29H35FN4O. The molecule has 0 aromatic heterocycles. The minimum Gasteiger partial charge on any atom is -0.378 e. The molecule has 0 aliphatic carbocycles. The second-order valence-electron chi connectivity index (χ2n) is 9.29. The van der Waals surface area contributed by atoms with Crippen LogP contribution in [0.25, 0.3) is 0 Å². The van der Waals surface area contributed by atoms with Crippen molar-refractivity contribution in [2.45, 2.75) is 18.9 Å². The summed E-state index contributed by atoms with van der Waals surface area (Å²) in [6.07, 6.45) is 1.22. The summed E-state index contributed by atoms with van der Waals surface area (Å²) in [4.78, 5) is 19.5. The predicted molar refractivity (Wildman–Crippen MR) is 141 cm³/mol. The van der Waals surface area contributed by atoms with E-state index in [0.717, 1.165) is 44.0 Å². The van der Waals surface area contributed by atoms with Gasteiger partial charge in [-0.2, -0.15) is 0 Å². The maximum Gasteiger partial charge on any atom is 0.220 e. The first-order valence-electron chi connectivity index (χ1n) is 12.3. The maximum atomic E-state index is 13.3. The van der Waals surface area contributed by atoms with Crippen molar-refractivity contribution in [2.24, 2.45) is 0 Å². The van der Waals surface area contributed by atoms with Gasteiger partial charge in [-0.05, 0) is 53.9 Å². The monoisotopic (exact) mass is 474 g/mol. The Balaban J connectivity index is 1.40. The lowest BCUT2D eigenvalue weighted by atomic mass is 10.0. The largest absolute Gasteiger partial charge is 0.378 e. The zero-order valence-electron chi connectivity index (χ0n) is 20.7. The lowest BCUT2D eigenvalue weighted by Gasteiger charge is -2.40. The first kappa shape index (κ1) is 24.7. The van der Waals surface area contributed by atoms with Crippen molar-refractivity contribution in [3.05, 3.63) is 95.8 Å². The molecule has 0 saturated carbocycles. The number of carbonyl (C=O) groups is 1. The third kappa shape index (κ3) is 6.83. The van der Waals surface area contributed by atoms with Gasteiger partial charge in [-0.25, -0.2) is 4.39 Å². The number of halogens is 1. The van der Waals surface area contributed by atoms with E-state index < -0.39 is 0 Å². The highest BCUT2D eigenvalue weighted by Gasteiger charge is 2.26. The van der Waals surface area contributed by atoms with Gasteiger partial charge < -0.3 is 15.1 Å². The molecule has 3 aromatic carbocycles.